The van der Waals surface area contributed by atoms with E-state index >= 15 is 0 Å². The van der Waals surface area contributed by atoms with Crippen LogP contribution in [0.15, 0.2) is 47.6 Å². The van der Waals surface area contributed by atoms with Gasteiger partial charge in [0.2, 0.25) is 0 Å². The summed E-state index contributed by atoms with van der Waals surface area (Å²) in [5, 5.41) is 13.4. The molecule has 1 aliphatic rings. The molecular weight excluding hydrogens is 250 g/mol. The molecule has 0 N–H and O–H groups in total. The quantitative estimate of drug-likeness (QED) is 0.790. The van der Waals surface area contributed by atoms with E-state index < -0.39 is 11.1 Å². The Morgan fingerprint density at radius 2 is 1.45 bits per heavy atom. The van der Waals surface area contributed by atoms with E-state index in [4.69, 9.17) is 0 Å². The maximum atomic E-state index is 12.4. The van der Waals surface area contributed by atoms with Gasteiger partial charge in [-0.25, -0.2) is 0 Å². The number of hydroxylamine groups is 2. The molecule has 3 nitrogen and oxygen atoms in total. The van der Waals surface area contributed by atoms with Crippen LogP contribution in [-0.2, 0) is 10.0 Å². The molecule has 0 unspecified atom stereocenters. The van der Waals surface area contributed by atoms with Crippen LogP contribution in [0.1, 0.15) is 33.3 Å². The molecule has 3 heteroatoms. The van der Waals surface area contributed by atoms with E-state index in [0.717, 1.165) is 22.5 Å². The molecule has 105 valence electrons. The van der Waals surface area contributed by atoms with E-state index in [1.807, 2.05) is 56.3 Å². The minimum atomic E-state index is -0.790. The third-order valence-electron chi connectivity index (χ3n) is 3.98. The maximum absolute atomic E-state index is 12.4. The summed E-state index contributed by atoms with van der Waals surface area (Å²) in [7, 11) is 0. The van der Waals surface area contributed by atoms with Gasteiger partial charge in [-0.3, -0.25) is 4.79 Å². The first-order chi connectivity index (χ1) is 9.31. The first-order valence-electron chi connectivity index (χ1n) is 6.73. The highest BCUT2D eigenvalue weighted by atomic mass is 16.5. The van der Waals surface area contributed by atoms with Gasteiger partial charge in [-0.2, -0.15) is 0 Å². The molecule has 0 aliphatic carbocycles. The summed E-state index contributed by atoms with van der Waals surface area (Å²) in [4.78, 5) is 11.4. The summed E-state index contributed by atoms with van der Waals surface area (Å²) >= 11 is 0. The first kappa shape index (κ1) is 14.7. The van der Waals surface area contributed by atoms with Crippen molar-refractivity contribution in [1.29, 1.82) is 0 Å². The Hall–Kier alpha value is -1.71. The summed E-state index contributed by atoms with van der Waals surface area (Å²) in [5.74, 6) is 0. The van der Waals surface area contributed by atoms with Crippen molar-refractivity contribution in [2.45, 2.75) is 38.8 Å². The van der Waals surface area contributed by atoms with Crippen molar-refractivity contribution < 1.29 is 10.0 Å². The van der Waals surface area contributed by atoms with E-state index in [1.54, 1.807) is 13.8 Å². The second-order valence-corrected chi connectivity index (χ2v) is 6.10. The Labute approximate surface area is 120 Å². The average molecular weight is 270 g/mol. The van der Waals surface area contributed by atoms with E-state index in [-0.39, 0.29) is 0 Å². The fourth-order valence-corrected chi connectivity index (χ4v) is 2.82. The van der Waals surface area contributed by atoms with Gasteiger partial charge >= 0.3 is 0 Å². The normalized spacial score (nSPS) is 21.6. The molecule has 1 radical (unpaired) electrons. The van der Waals surface area contributed by atoms with Gasteiger partial charge in [0.05, 0.1) is 11.1 Å². The van der Waals surface area contributed by atoms with Crippen molar-refractivity contribution in [2.24, 2.45) is 0 Å². The lowest BCUT2D eigenvalue weighted by Crippen LogP contribution is -2.47. The van der Waals surface area contributed by atoms with Crippen molar-refractivity contribution >= 4 is 12.4 Å². The number of benzene rings is 1. The molecule has 2 rings (SSSR count). The lowest BCUT2D eigenvalue weighted by Gasteiger charge is -2.33. The van der Waals surface area contributed by atoms with Crippen LogP contribution in [0.3, 0.4) is 0 Å². The highest BCUT2D eigenvalue weighted by Gasteiger charge is 2.50. The number of aldehydes is 1. The van der Waals surface area contributed by atoms with Crippen molar-refractivity contribution in [3.05, 3.63) is 53.1 Å². The smallest absolute Gasteiger partial charge is 0.148 e. The van der Waals surface area contributed by atoms with Crippen LogP contribution < -0.4 is 0 Å². The van der Waals surface area contributed by atoms with Gasteiger partial charge in [-0.1, -0.05) is 42.5 Å². The number of carbonyl (C=O) groups excluding carboxylic acids is 1. The van der Waals surface area contributed by atoms with Crippen LogP contribution >= 0.6 is 0 Å². The van der Waals surface area contributed by atoms with Crippen molar-refractivity contribution in [3.8, 4) is 0 Å². The summed E-state index contributed by atoms with van der Waals surface area (Å²) < 4.78 is 0. The molecule has 1 heterocycles. The van der Waals surface area contributed by atoms with Crippen LogP contribution in [0.4, 0.5) is 0 Å². The third-order valence-corrected chi connectivity index (χ3v) is 3.98. The Kier molecular flexibility index (Phi) is 3.67. The molecule has 0 bridgehead atoms. The Morgan fingerprint density at radius 3 is 2.00 bits per heavy atom. The van der Waals surface area contributed by atoms with Gasteiger partial charge in [0, 0.05) is 5.57 Å². The molecule has 0 saturated heterocycles. The lowest BCUT2D eigenvalue weighted by atomic mass is 9.90. The monoisotopic (exact) mass is 270 g/mol. The van der Waals surface area contributed by atoms with Gasteiger partial charge in [0.25, 0.3) is 0 Å². The van der Waals surface area contributed by atoms with Crippen LogP contribution in [0.5, 0.6) is 0 Å². The molecule has 0 fully saturated rings. The van der Waals surface area contributed by atoms with Crippen LogP contribution in [0, 0.1) is 0 Å². The number of hydrogen-bond donors (Lipinski definition) is 0. The SMILES string of the molecule is CC1(C)C(C=O)=C(/C=C/c2ccccc2)C(C)(C)N1[O]. The molecule has 1 aromatic carbocycles. The number of hydrogen-bond acceptors (Lipinski definition) is 2. The zero-order chi connectivity index (χ0) is 15.0. The van der Waals surface area contributed by atoms with Gasteiger partial charge < -0.3 is 0 Å². The molecule has 20 heavy (non-hydrogen) atoms. The first-order valence-corrected chi connectivity index (χ1v) is 6.73. The van der Waals surface area contributed by atoms with E-state index in [0.29, 0.717) is 5.57 Å². The van der Waals surface area contributed by atoms with Crippen molar-refractivity contribution in [3.63, 3.8) is 0 Å². The lowest BCUT2D eigenvalue weighted by molar-refractivity contribution is -0.239. The Morgan fingerprint density at radius 1 is 0.900 bits per heavy atom. The van der Waals surface area contributed by atoms with Gasteiger partial charge in [0.1, 0.15) is 6.29 Å². The van der Waals surface area contributed by atoms with Crippen LogP contribution in [-0.4, -0.2) is 22.4 Å². The fraction of sp³-hybridized carbons (Fsp3) is 0.353. The van der Waals surface area contributed by atoms with E-state index in [2.05, 4.69) is 0 Å². The average Bonchev–Trinajstić information content (AvgIpc) is 2.55. The molecule has 0 saturated carbocycles. The molecule has 1 aromatic rings. The topological polar surface area (TPSA) is 40.2 Å². The van der Waals surface area contributed by atoms with E-state index in [9.17, 15) is 10.0 Å². The fourth-order valence-electron chi connectivity index (χ4n) is 2.82. The van der Waals surface area contributed by atoms with Gasteiger partial charge in [0.15, 0.2) is 0 Å². The summed E-state index contributed by atoms with van der Waals surface area (Å²) in [5.41, 5.74) is 0.899. The van der Waals surface area contributed by atoms with Gasteiger partial charge in [-0.05, 0) is 38.8 Å². The predicted molar refractivity (Wildman–Crippen MR) is 79.2 cm³/mol. The minimum Gasteiger partial charge on any atom is -0.298 e. The third kappa shape index (κ3) is 2.23. The zero-order valence-corrected chi connectivity index (χ0v) is 12.4. The number of rotatable bonds is 3. The largest absolute Gasteiger partial charge is 0.298 e. The molecular formula is C17H20NO2. The van der Waals surface area contributed by atoms with Crippen LogP contribution in [0.25, 0.3) is 6.08 Å². The highest BCUT2D eigenvalue weighted by Crippen LogP contribution is 2.43. The Bertz CT molecular complexity index is 568. The summed E-state index contributed by atoms with van der Waals surface area (Å²) in [6.07, 6.45) is 4.64. The molecule has 0 amide bonds. The number of nitrogens with zero attached hydrogens (tertiary/aromatic N) is 1. The van der Waals surface area contributed by atoms with E-state index in [1.165, 1.54) is 0 Å². The van der Waals surface area contributed by atoms with Crippen molar-refractivity contribution in [2.75, 3.05) is 0 Å². The zero-order valence-electron chi connectivity index (χ0n) is 12.4. The minimum absolute atomic E-state index is 0.560. The second-order valence-electron chi connectivity index (χ2n) is 6.10. The highest BCUT2D eigenvalue weighted by molar-refractivity contribution is 5.82. The van der Waals surface area contributed by atoms with Gasteiger partial charge in [-0.15, -0.1) is 10.3 Å². The molecule has 0 aromatic heterocycles. The molecule has 0 spiro atoms. The molecule has 1 aliphatic heterocycles. The number of carbonyl (C=O) groups is 1. The summed E-state index contributed by atoms with van der Waals surface area (Å²) in [6.45, 7) is 7.27. The molecule has 0 atom stereocenters. The summed E-state index contributed by atoms with van der Waals surface area (Å²) in [6, 6.07) is 9.84. The predicted octanol–water partition coefficient (Wildman–Crippen LogP) is 3.41. The van der Waals surface area contributed by atoms with Crippen molar-refractivity contribution in [1.82, 2.24) is 5.06 Å². The maximum Gasteiger partial charge on any atom is 0.148 e. The standard InChI is InChI=1S/C17H20NO2/c1-16(2)14(11-10-13-8-6-5-7-9-13)15(12-19)17(3,4)18(16)20/h5-12H,1-4H3/b11-10+. The van der Waals surface area contributed by atoms with Crippen LogP contribution in [0.2, 0.25) is 0 Å². The second kappa shape index (κ2) is 5.00. The Balaban J connectivity index is 2.47.